The maximum Gasteiger partial charge on any atom is 0.311 e. The number of hydrogen-bond acceptors (Lipinski definition) is 9. The maximum absolute atomic E-state index is 14.7. The van der Waals surface area contributed by atoms with Gasteiger partial charge in [0.2, 0.25) is 0 Å². The van der Waals surface area contributed by atoms with Crippen LogP contribution < -0.4 is 14.2 Å². The lowest BCUT2D eigenvalue weighted by atomic mass is 9.73. The minimum absolute atomic E-state index is 0.0563. The van der Waals surface area contributed by atoms with Crippen LogP contribution in [0.2, 0.25) is 0 Å². The molecule has 4 atom stereocenters. The lowest BCUT2D eigenvalue weighted by Crippen LogP contribution is -2.26. The molecule has 0 saturated heterocycles. The zero-order chi connectivity index (χ0) is 73.8. The Labute approximate surface area is 586 Å². The Morgan fingerprint density at radius 3 is 0.763 bits per heavy atom. The average Bonchev–Trinajstić information content (AvgIpc) is 0.772. The molecule has 0 spiro atoms. The lowest BCUT2D eigenvalue weighted by molar-refractivity contribution is -0.136. The Balaban J connectivity index is 1.50. The van der Waals surface area contributed by atoms with Crippen LogP contribution in [-0.2, 0) is 46.9 Å². The summed E-state index contributed by atoms with van der Waals surface area (Å²) in [6, 6.07) is 30.5. The van der Waals surface area contributed by atoms with Crippen LogP contribution in [0.3, 0.4) is 0 Å². The topological polar surface area (TPSA) is 140 Å². The van der Waals surface area contributed by atoms with E-state index in [-0.39, 0.29) is 116 Å². The number of carbonyl (C=O) groups is 3. The number of rotatable bonds is 17. The van der Waals surface area contributed by atoms with E-state index < -0.39 is 16.2 Å². The van der Waals surface area contributed by atoms with Gasteiger partial charge in [-0.1, -0.05) is 267 Å². The van der Waals surface area contributed by atoms with Crippen molar-refractivity contribution in [1.82, 2.24) is 0 Å². The van der Waals surface area contributed by atoms with Crippen molar-refractivity contribution < 1.29 is 43.9 Å². The molecule has 0 aliphatic carbocycles. The van der Waals surface area contributed by atoms with Gasteiger partial charge in [-0.2, -0.15) is 0 Å². The normalized spacial score (nSPS) is 14.8. The van der Waals surface area contributed by atoms with Gasteiger partial charge in [0.15, 0.2) is 0 Å². The van der Waals surface area contributed by atoms with Gasteiger partial charge in [-0.05, 0) is 185 Å². The van der Waals surface area contributed by atoms with Crippen LogP contribution in [0.5, 0.6) is 34.5 Å². The fourth-order valence-corrected chi connectivity index (χ4v) is 14.0. The first-order valence-corrected chi connectivity index (χ1v) is 35.5. The molecule has 6 aromatic rings. The van der Waals surface area contributed by atoms with Crippen LogP contribution in [-0.4, -0.2) is 33.2 Å². The number of phenolic OH excluding ortho intramolecular Hbond substituents is 3. The van der Waals surface area contributed by atoms with Gasteiger partial charge in [-0.15, -0.1) is 0 Å². The Hall–Kier alpha value is -6.87. The minimum Gasteiger partial charge on any atom is -0.508 e. The van der Waals surface area contributed by atoms with E-state index >= 15 is 0 Å². The molecule has 97 heavy (non-hydrogen) atoms. The number of ether oxygens (including phenoxy) is 3. The van der Waals surface area contributed by atoms with E-state index in [1.54, 1.807) is 18.2 Å². The predicted octanol–water partition coefficient (Wildman–Crippen LogP) is 23.2. The van der Waals surface area contributed by atoms with E-state index in [4.69, 9.17) is 14.2 Å². The number of hydrogen-bond donors (Lipinski definition) is 3. The largest absolute Gasteiger partial charge is 0.508 e. The Morgan fingerprint density at radius 2 is 0.536 bits per heavy atom. The van der Waals surface area contributed by atoms with Gasteiger partial charge < -0.3 is 29.5 Å². The second-order valence-electron chi connectivity index (χ2n) is 38.0. The third-order valence-electron chi connectivity index (χ3n) is 19.9. The zero-order valence-corrected chi connectivity index (χ0v) is 65.7. The second kappa shape index (κ2) is 28.4. The van der Waals surface area contributed by atoms with E-state index in [2.05, 4.69) is 248 Å². The van der Waals surface area contributed by atoms with Crippen molar-refractivity contribution >= 4 is 17.9 Å². The number of aryl methyl sites for hydroxylation is 3. The Kier molecular flexibility index (Phi) is 23.2. The SMILES string of the molecule is Cc1cc(C(C)CC(c2cc(C)c(OC(=O)CC(c3ccc(O)c(C(C)(C)C)c3)C(C)(C)C)c(C(C)(C)C)c2)c2cc(C)c(OC(=O)CC(c3ccc(O)c(C(C)(C)C)c3)C(C)(C)C)c(C(C)(C)C)c2)cc(C(C)(C)C)c1OC(=O)CC(c1ccc(O)c(C(C)(C)C)c1)C(C)(C)C. The molecule has 0 aliphatic heterocycles. The van der Waals surface area contributed by atoms with Crippen LogP contribution in [0.1, 0.15) is 333 Å². The van der Waals surface area contributed by atoms with Crippen molar-refractivity contribution in [3.8, 4) is 34.5 Å². The molecular formula is C88H124O9. The Morgan fingerprint density at radius 1 is 0.320 bits per heavy atom. The van der Waals surface area contributed by atoms with Gasteiger partial charge in [0.05, 0.1) is 19.3 Å². The smallest absolute Gasteiger partial charge is 0.311 e. The van der Waals surface area contributed by atoms with Gasteiger partial charge >= 0.3 is 17.9 Å². The summed E-state index contributed by atoms with van der Waals surface area (Å²) >= 11 is 0. The number of carbonyl (C=O) groups excluding carboxylic acids is 3. The summed E-state index contributed by atoms with van der Waals surface area (Å²) < 4.78 is 20.0. The molecule has 9 heteroatoms. The summed E-state index contributed by atoms with van der Waals surface area (Å²) in [7, 11) is 0. The van der Waals surface area contributed by atoms with Crippen LogP contribution in [0.4, 0.5) is 0 Å². The first-order chi connectivity index (χ1) is 43.9. The number of benzene rings is 6. The van der Waals surface area contributed by atoms with Crippen molar-refractivity contribution in [3.05, 3.63) is 174 Å². The molecule has 0 aliphatic rings. The summed E-state index contributed by atoms with van der Waals surface area (Å²) in [5, 5.41) is 32.9. The average molecular weight is 1330 g/mol. The fraction of sp³-hybridized carbons (Fsp3) is 0.557. The van der Waals surface area contributed by atoms with Crippen LogP contribution in [0.15, 0.2) is 91.0 Å². The summed E-state index contributed by atoms with van der Waals surface area (Å²) in [5.41, 5.74) is 10.6. The van der Waals surface area contributed by atoms with E-state index in [1.165, 1.54) is 0 Å². The van der Waals surface area contributed by atoms with Crippen molar-refractivity contribution in [3.63, 3.8) is 0 Å². The van der Waals surface area contributed by atoms with Crippen LogP contribution >= 0.6 is 0 Å². The van der Waals surface area contributed by atoms with Crippen molar-refractivity contribution in [2.45, 2.75) is 302 Å². The standard InChI is InChI=1S/C88H124O9/c1-51(58-38-52(2)77(68(45-58)86(23,24)25)95-74(92)48-62(80(5,6)7)55-32-35-71(89)65(42-55)83(14,15)16)41-61(59-39-53(3)78(69(46-59)87(26,27)28)96-75(93)49-63(81(8,9)10)56-33-36-72(90)66(43-56)84(17,18)19)60-40-54(4)79(70(47-60)88(29,30)31)97-76(94)50-64(82(11,12)13)57-34-37-73(91)67(44-57)85(20,21)22/h32-40,42-47,51,61-64,89-91H,41,48-50H2,1-31H3. The predicted molar refractivity (Wildman–Crippen MR) is 402 cm³/mol. The summed E-state index contributed by atoms with van der Waals surface area (Å²) in [6.07, 6.45) is 1.05. The molecule has 0 radical (unpaired) electrons. The van der Waals surface area contributed by atoms with Crippen molar-refractivity contribution in [1.29, 1.82) is 0 Å². The van der Waals surface area contributed by atoms with E-state index in [0.717, 1.165) is 83.5 Å². The molecule has 4 unspecified atom stereocenters. The highest BCUT2D eigenvalue weighted by Crippen LogP contribution is 2.50. The molecule has 0 amide bonds. The molecule has 9 nitrogen and oxygen atoms in total. The number of aromatic hydroxyl groups is 3. The van der Waals surface area contributed by atoms with Gasteiger partial charge in [-0.25, -0.2) is 0 Å². The lowest BCUT2D eigenvalue weighted by Gasteiger charge is -2.33. The number of esters is 3. The highest BCUT2D eigenvalue weighted by molar-refractivity contribution is 5.77. The van der Waals surface area contributed by atoms with E-state index in [9.17, 15) is 29.7 Å². The van der Waals surface area contributed by atoms with Crippen molar-refractivity contribution in [2.75, 3.05) is 0 Å². The molecule has 6 aromatic carbocycles. The highest BCUT2D eigenvalue weighted by Gasteiger charge is 2.38. The minimum atomic E-state index is -0.475. The van der Waals surface area contributed by atoms with Crippen LogP contribution in [0.25, 0.3) is 0 Å². The second-order valence-corrected chi connectivity index (χ2v) is 38.0. The molecule has 0 saturated carbocycles. The quantitative estimate of drug-likeness (QED) is 0.0601. The molecule has 0 heterocycles. The molecule has 530 valence electrons. The molecule has 6 rings (SSSR count). The highest BCUT2D eigenvalue weighted by atomic mass is 16.5. The monoisotopic (exact) mass is 1320 g/mol. The molecular weight excluding hydrogens is 1200 g/mol. The Bertz CT molecular complexity index is 3680. The summed E-state index contributed by atoms with van der Waals surface area (Å²) in [5.74, 6) is 0.492. The first-order valence-electron chi connectivity index (χ1n) is 35.5. The van der Waals surface area contributed by atoms with Gasteiger partial charge in [0, 0.05) is 22.6 Å². The fourth-order valence-electron chi connectivity index (χ4n) is 14.0. The molecule has 3 N–H and O–H groups in total. The third-order valence-corrected chi connectivity index (χ3v) is 19.9. The molecule has 0 bridgehead atoms. The third kappa shape index (κ3) is 19.5. The van der Waals surface area contributed by atoms with E-state index in [1.807, 2.05) is 39.0 Å². The molecule has 0 fully saturated rings. The number of phenols is 3. The summed E-state index contributed by atoms with van der Waals surface area (Å²) in [4.78, 5) is 44.0. The maximum atomic E-state index is 14.7. The van der Waals surface area contributed by atoms with Gasteiger partial charge in [-0.3, -0.25) is 14.4 Å². The summed E-state index contributed by atoms with van der Waals surface area (Å²) in [6.45, 7) is 65.8. The van der Waals surface area contributed by atoms with Crippen molar-refractivity contribution in [2.24, 2.45) is 16.2 Å². The first kappa shape index (κ1) is 79.1. The van der Waals surface area contributed by atoms with Gasteiger partial charge in [0.1, 0.15) is 34.5 Å². The zero-order valence-electron chi connectivity index (χ0n) is 65.7. The van der Waals surface area contributed by atoms with E-state index in [0.29, 0.717) is 23.7 Å². The molecule has 0 aromatic heterocycles. The van der Waals surface area contributed by atoms with Gasteiger partial charge in [0.25, 0.3) is 0 Å². The van der Waals surface area contributed by atoms with Crippen LogP contribution in [0, 0.1) is 37.0 Å².